The fraction of sp³-hybridized carbons (Fsp3) is 0.929. The highest BCUT2D eigenvalue weighted by atomic mass is 32.2. The summed E-state index contributed by atoms with van der Waals surface area (Å²) in [5.74, 6) is -0.505. The Hall–Kier alpha value is -0.740. The first-order valence-corrected chi connectivity index (χ1v) is 9.59. The number of ether oxygens (including phenoxy) is 2. The molecule has 1 amide bonds. The van der Waals surface area contributed by atoms with Gasteiger partial charge in [-0.3, -0.25) is 4.79 Å². The molecule has 9 heteroatoms. The molecular formula is C14H26N2O6S. The highest BCUT2D eigenvalue weighted by molar-refractivity contribution is 7.89. The Morgan fingerprint density at radius 3 is 2.35 bits per heavy atom. The molecule has 0 radical (unpaired) electrons. The van der Waals surface area contributed by atoms with Gasteiger partial charge in [-0.25, -0.2) is 8.42 Å². The van der Waals surface area contributed by atoms with Gasteiger partial charge in [0, 0.05) is 44.7 Å². The number of aliphatic hydroxyl groups is 1. The number of nitrogens with one attached hydrogen (secondary N) is 1. The van der Waals surface area contributed by atoms with Crippen molar-refractivity contribution in [2.45, 2.75) is 19.3 Å². The predicted molar refractivity (Wildman–Crippen MR) is 83.4 cm³/mol. The van der Waals surface area contributed by atoms with E-state index in [0.717, 1.165) is 0 Å². The lowest BCUT2D eigenvalue weighted by Crippen LogP contribution is -2.45. The second-order valence-electron chi connectivity index (χ2n) is 6.12. The summed E-state index contributed by atoms with van der Waals surface area (Å²) in [6.07, 6.45) is 1.31. The number of carbonyl (C=O) groups is 1. The monoisotopic (exact) mass is 350 g/mol. The van der Waals surface area contributed by atoms with Crippen LogP contribution in [0.4, 0.5) is 0 Å². The molecule has 2 heterocycles. The Bertz CT molecular complexity index is 483. The van der Waals surface area contributed by atoms with Crippen molar-refractivity contribution >= 4 is 15.9 Å². The third-order valence-corrected chi connectivity index (χ3v) is 6.37. The summed E-state index contributed by atoms with van der Waals surface area (Å²) in [7, 11) is -3.42. The zero-order valence-corrected chi connectivity index (χ0v) is 14.1. The number of nitrogens with zero attached hydrogens (tertiary/aromatic N) is 1. The molecule has 0 unspecified atom stereocenters. The van der Waals surface area contributed by atoms with Crippen molar-refractivity contribution < 1.29 is 27.8 Å². The van der Waals surface area contributed by atoms with Gasteiger partial charge in [0.05, 0.1) is 25.6 Å². The number of rotatable bonds is 7. The molecule has 0 saturated carbocycles. The van der Waals surface area contributed by atoms with E-state index in [1.807, 2.05) is 0 Å². The zero-order valence-electron chi connectivity index (χ0n) is 13.3. The van der Waals surface area contributed by atoms with Crippen LogP contribution >= 0.6 is 0 Å². The van der Waals surface area contributed by atoms with Gasteiger partial charge >= 0.3 is 0 Å². The molecule has 134 valence electrons. The minimum absolute atomic E-state index is 0.0112. The van der Waals surface area contributed by atoms with Gasteiger partial charge in [0.2, 0.25) is 15.9 Å². The number of sulfonamides is 1. The minimum atomic E-state index is -3.42. The van der Waals surface area contributed by atoms with Crippen LogP contribution in [0.1, 0.15) is 19.3 Å². The van der Waals surface area contributed by atoms with Gasteiger partial charge in [-0.05, 0) is 12.8 Å². The largest absolute Gasteiger partial charge is 0.396 e. The third-order valence-electron chi connectivity index (χ3n) is 4.50. The van der Waals surface area contributed by atoms with E-state index in [4.69, 9.17) is 9.47 Å². The van der Waals surface area contributed by atoms with Crippen molar-refractivity contribution in [3.05, 3.63) is 0 Å². The van der Waals surface area contributed by atoms with Gasteiger partial charge in [0.25, 0.3) is 0 Å². The summed E-state index contributed by atoms with van der Waals surface area (Å²) < 4.78 is 36.1. The predicted octanol–water partition coefficient (Wildman–Crippen LogP) is -1.06. The van der Waals surface area contributed by atoms with Crippen molar-refractivity contribution in [2.24, 2.45) is 5.41 Å². The SMILES string of the molecule is O=C(CCS(=O)(=O)N1CCOCC1)NCC1(CO)CCOCC1. The average molecular weight is 350 g/mol. The summed E-state index contributed by atoms with van der Waals surface area (Å²) in [6, 6.07) is 0. The smallest absolute Gasteiger partial charge is 0.221 e. The molecule has 2 rings (SSSR count). The van der Waals surface area contributed by atoms with E-state index in [1.54, 1.807) is 0 Å². The van der Waals surface area contributed by atoms with Crippen molar-refractivity contribution in [1.29, 1.82) is 0 Å². The highest BCUT2D eigenvalue weighted by Crippen LogP contribution is 2.28. The summed E-state index contributed by atoms with van der Waals surface area (Å²) in [4.78, 5) is 11.9. The first kappa shape index (κ1) is 18.6. The van der Waals surface area contributed by atoms with Crippen LogP contribution in [0.25, 0.3) is 0 Å². The summed E-state index contributed by atoms with van der Waals surface area (Å²) in [5.41, 5.74) is -0.350. The zero-order chi connectivity index (χ0) is 16.8. The fourth-order valence-electron chi connectivity index (χ4n) is 2.75. The van der Waals surface area contributed by atoms with Crippen LogP contribution in [-0.2, 0) is 24.3 Å². The van der Waals surface area contributed by atoms with Gasteiger partial charge in [-0.2, -0.15) is 4.31 Å². The second kappa shape index (κ2) is 8.39. The highest BCUT2D eigenvalue weighted by Gasteiger charge is 2.32. The molecule has 0 atom stereocenters. The maximum Gasteiger partial charge on any atom is 0.221 e. The second-order valence-corrected chi connectivity index (χ2v) is 8.21. The summed E-state index contributed by atoms with van der Waals surface area (Å²) >= 11 is 0. The lowest BCUT2D eigenvalue weighted by molar-refractivity contribution is -0.122. The van der Waals surface area contributed by atoms with E-state index < -0.39 is 10.0 Å². The van der Waals surface area contributed by atoms with Gasteiger partial charge in [0.1, 0.15) is 0 Å². The Morgan fingerprint density at radius 2 is 1.74 bits per heavy atom. The molecule has 2 aliphatic rings. The van der Waals surface area contributed by atoms with Gasteiger partial charge in [-0.15, -0.1) is 0 Å². The third kappa shape index (κ3) is 5.39. The standard InChI is InChI=1S/C14H26N2O6S/c17-12-14(2-6-21-7-3-14)11-15-13(18)1-10-23(19,20)16-4-8-22-9-5-16/h17H,1-12H2,(H,15,18). The number of hydrogen-bond acceptors (Lipinski definition) is 6. The maximum absolute atomic E-state index is 12.1. The number of amides is 1. The summed E-state index contributed by atoms with van der Waals surface area (Å²) in [5, 5.41) is 12.3. The van der Waals surface area contributed by atoms with Gasteiger partial charge < -0.3 is 19.9 Å². The molecule has 23 heavy (non-hydrogen) atoms. The topological polar surface area (TPSA) is 105 Å². The number of carbonyl (C=O) groups excluding carboxylic acids is 1. The Balaban J connectivity index is 1.76. The van der Waals surface area contributed by atoms with Crippen LogP contribution in [0.2, 0.25) is 0 Å². The molecular weight excluding hydrogens is 324 g/mol. The van der Waals surface area contributed by atoms with Crippen molar-refractivity contribution in [1.82, 2.24) is 9.62 Å². The van der Waals surface area contributed by atoms with Crippen LogP contribution in [-0.4, -0.2) is 82.2 Å². The first-order valence-electron chi connectivity index (χ1n) is 7.98. The molecule has 8 nitrogen and oxygen atoms in total. The Kier molecular flexibility index (Phi) is 6.78. The number of morpholine rings is 1. The molecule has 0 aliphatic carbocycles. The summed E-state index contributed by atoms with van der Waals surface area (Å²) in [6.45, 7) is 2.96. The molecule has 2 saturated heterocycles. The molecule has 0 aromatic heterocycles. The van der Waals surface area contributed by atoms with E-state index in [9.17, 15) is 18.3 Å². The van der Waals surface area contributed by atoms with Gasteiger partial charge in [0.15, 0.2) is 0 Å². The van der Waals surface area contributed by atoms with E-state index in [2.05, 4.69) is 5.32 Å². The fourth-order valence-corrected chi connectivity index (χ4v) is 4.15. The molecule has 2 fully saturated rings. The van der Waals surface area contributed by atoms with Crippen LogP contribution in [0, 0.1) is 5.41 Å². The van der Waals surface area contributed by atoms with Crippen molar-refractivity contribution in [2.75, 3.05) is 58.4 Å². The molecule has 0 aromatic rings. The number of hydrogen-bond donors (Lipinski definition) is 2. The van der Waals surface area contributed by atoms with E-state index in [1.165, 1.54) is 4.31 Å². The van der Waals surface area contributed by atoms with Crippen LogP contribution in [0.3, 0.4) is 0 Å². The van der Waals surface area contributed by atoms with Gasteiger partial charge in [-0.1, -0.05) is 0 Å². The normalized spacial score (nSPS) is 22.7. The minimum Gasteiger partial charge on any atom is -0.396 e. The lowest BCUT2D eigenvalue weighted by atomic mass is 9.81. The number of aliphatic hydroxyl groups excluding tert-OH is 1. The lowest BCUT2D eigenvalue weighted by Gasteiger charge is -2.35. The molecule has 2 N–H and O–H groups in total. The van der Waals surface area contributed by atoms with E-state index >= 15 is 0 Å². The quantitative estimate of drug-likeness (QED) is 0.607. The van der Waals surface area contributed by atoms with Crippen molar-refractivity contribution in [3.63, 3.8) is 0 Å². The maximum atomic E-state index is 12.1. The molecule has 0 aromatic carbocycles. The molecule has 0 bridgehead atoms. The van der Waals surface area contributed by atoms with Crippen LogP contribution < -0.4 is 5.32 Å². The molecule has 2 aliphatic heterocycles. The van der Waals surface area contributed by atoms with Crippen molar-refractivity contribution in [3.8, 4) is 0 Å². The molecule has 0 spiro atoms. The average Bonchev–Trinajstić information content (AvgIpc) is 2.60. The Morgan fingerprint density at radius 1 is 1.13 bits per heavy atom. The van der Waals surface area contributed by atoms with E-state index in [0.29, 0.717) is 58.9 Å². The Labute approximate surface area is 137 Å². The van der Waals surface area contributed by atoms with Crippen LogP contribution in [0.5, 0.6) is 0 Å². The van der Waals surface area contributed by atoms with Crippen LogP contribution in [0.15, 0.2) is 0 Å². The van der Waals surface area contributed by atoms with E-state index in [-0.39, 0.29) is 30.1 Å². The first-order chi connectivity index (χ1) is 11.0.